The number of likely N-dealkylation sites (tertiary alicyclic amines) is 1. The first kappa shape index (κ1) is 13.9. The molecule has 1 amide bonds. The summed E-state index contributed by atoms with van der Waals surface area (Å²) in [7, 11) is 1.86. The van der Waals surface area contributed by atoms with E-state index in [9.17, 15) is 4.79 Å². The van der Waals surface area contributed by atoms with Crippen molar-refractivity contribution in [2.24, 2.45) is 12.8 Å². The van der Waals surface area contributed by atoms with Gasteiger partial charge in [-0.1, -0.05) is 0 Å². The second-order valence-electron chi connectivity index (χ2n) is 5.03. The Kier molecular flexibility index (Phi) is 4.09. The van der Waals surface area contributed by atoms with Gasteiger partial charge in [-0.3, -0.25) is 9.48 Å². The summed E-state index contributed by atoms with van der Waals surface area (Å²) in [5, 5.41) is 4.26. The number of carbonyl (C=O) groups excluding carboxylic acids is 1. The second-order valence-corrected chi connectivity index (χ2v) is 5.03. The van der Waals surface area contributed by atoms with Crippen LogP contribution in [0, 0.1) is 13.8 Å². The molecule has 0 aliphatic carbocycles. The highest BCUT2D eigenvalue weighted by atomic mass is 16.5. The van der Waals surface area contributed by atoms with Gasteiger partial charge in [-0.25, -0.2) is 0 Å². The molecule has 0 bridgehead atoms. The molecule has 1 fully saturated rings. The third-order valence-electron chi connectivity index (χ3n) is 3.75. The van der Waals surface area contributed by atoms with Crippen LogP contribution in [0.2, 0.25) is 0 Å². The van der Waals surface area contributed by atoms with Crippen LogP contribution in [-0.4, -0.2) is 46.3 Å². The molecule has 1 saturated heterocycles. The number of ether oxygens (including phenoxy) is 1. The Morgan fingerprint density at radius 3 is 2.84 bits per heavy atom. The third kappa shape index (κ3) is 2.73. The van der Waals surface area contributed by atoms with E-state index in [1.165, 1.54) is 0 Å². The van der Waals surface area contributed by atoms with Crippen molar-refractivity contribution in [2.45, 2.75) is 32.7 Å². The lowest BCUT2D eigenvalue weighted by Crippen LogP contribution is -2.42. The van der Waals surface area contributed by atoms with E-state index in [0.717, 1.165) is 30.8 Å². The molecule has 1 atom stereocenters. The van der Waals surface area contributed by atoms with Crippen molar-refractivity contribution < 1.29 is 9.53 Å². The van der Waals surface area contributed by atoms with Gasteiger partial charge in [-0.2, -0.15) is 5.10 Å². The third-order valence-corrected chi connectivity index (χ3v) is 3.75. The summed E-state index contributed by atoms with van der Waals surface area (Å²) in [6.45, 7) is 5.18. The molecule has 0 spiro atoms. The molecule has 6 nitrogen and oxygen atoms in total. The standard InChI is InChI=1S/C13H22N4O2/c1-9-13(10(2)16(3)15-9)19-8-12(18)17-6-4-5-11(17)7-14/h11H,4-8,14H2,1-3H3/t11-/m0/s1. The van der Waals surface area contributed by atoms with E-state index >= 15 is 0 Å². The molecule has 0 aromatic carbocycles. The van der Waals surface area contributed by atoms with Gasteiger partial charge in [0, 0.05) is 26.2 Å². The maximum atomic E-state index is 12.1. The lowest BCUT2D eigenvalue weighted by atomic mass is 10.2. The molecule has 0 saturated carbocycles. The smallest absolute Gasteiger partial charge is 0.260 e. The van der Waals surface area contributed by atoms with Crippen molar-refractivity contribution in [1.29, 1.82) is 0 Å². The van der Waals surface area contributed by atoms with Crippen LogP contribution in [0.3, 0.4) is 0 Å². The molecule has 1 aromatic heterocycles. The van der Waals surface area contributed by atoms with Crippen LogP contribution < -0.4 is 10.5 Å². The molecule has 6 heteroatoms. The zero-order valence-corrected chi connectivity index (χ0v) is 11.8. The van der Waals surface area contributed by atoms with E-state index in [1.807, 2.05) is 25.8 Å². The monoisotopic (exact) mass is 266 g/mol. The maximum absolute atomic E-state index is 12.1. The molecule has 1 aliphatic heterocycles. The number of hydrogen-bond donors (Lipinski definition) is 1. The van der Waals surface area contributed by atoms with Crippen LogP contribution in [0.4, 0.5) is 0 Å². The largest absolute Gasteiger partial charge is 0.480 e. The fourth-order valence-electron chi connectivity index (χ4n) is 2.59. The molecule has 2 N–H and O–H groups in total. The Labute approximate surface area is 113 Å². The van der Waals surface area contributed by atoms with Gasteiger partial charge < -0.3 is 15.4 Å². The number of hydrogen-bond acceptors (Lipinski definition) is 4. The minimum Gasteiger partial charge on any atom is -0.480 e. The molecular weight excluding hydrogens is 244 g/mol. The molecule has 19 heavy (non-hydrogen) atoms. The minimum absolute atomic E-state index is 0.00982. The highest BCUT2D eigenvalue weighted by Crippen LogP contribution is 2.22. The molecule has 2 rings (SSSR count). The minimum atomic E-state index is 0.00982. The summed E-state index contributed by atoms with van der Waals surface area (Å²) in [6, 6.07) is 0.173. The number of aryl methyl sites for hydroxylation is 2. The van der Waals surface area contributed by atoms with Crippen LogP contribution >= 0.6 is 0 Å². The van der Waals surface area contributed by atoms with Gasteiger partial charge in [0.2, 0.25) is 0 Å². The van der Waals surface area contributed by atoms with Crippen molar-refractivity contribution in [3.05, 3.63) is 11.4 Å². The predicted octanol–water partition coefficient (Wildman–Crippen LogP) is 0.365. The van der Waals surface area contributed by atoms with Gasteiger partial charge >= 0.3 is 0 Å². The fraction of sp³-hybridized carbons (Fsp3) is 0.692. The van der Waals surface area contributed by atoms with Gasteiger partial charge in [0.15, 0.2) is 12.4 Å². The number of nitrogens with two attached hydrogens (primary N) is 1. The van der Waals surface area contributed by atoms with Gasteiger partial charge in [-0.15, -0.1) is 0 Å². The number of rotatable bonds is 4. The summed E-state index contributed by atoms with van der Waals surface area (Å²) < 4.78 is 7.40. The van der Waals surface area contributed by atoms with Crippen molar-refractivity contribution in [2.75, 3.05) is 19.7 Å². The summed E-state index contributed by atoms with van der Waals surface area (Å²) >= 11 is 0. The van der Waals surface area contributed by atoms with Gasteiger partial charge in [0.05, 0.1) is 5.69 Å². The van der Waals surface area contributed by atoms with Crippen molar-refractivity contribution in [3.63, 3.8) is 0 Å². The van der Waals surface area contributed by atoms with Crippen molar-refractivity contribution >= 4 is 5.91 Å². The summed E-state index contributed by atoms with van der Waals surface area (Å²) in [4.78, 5) is 14.0. The Balaban J connectivity index is 1.97. The summed E-state index contributed by atoms with van der Waals surface area (Å²) in [5.41, 5.74) is 7.42. The van der Waals surface area contributed by atoms with Gasteiger partial charge in [-0.05, 0) is 26.7 Å². The Bertz CT molecular complexity index is 469. The first-order valence-electron chi connectivity index (χ1n) is 6.67. The zero-order valence-electron chi connectivity index (χ0n) is 11.8. The fourth-order valence-corrected chi connectivity index (χ4v) is 2.59. The molecular formula is C13H22N4O2. The molecule has 0 radical (unpaired) electrons. The predicted molar refractivity (Wildman–Crippen MR) is 72.0 cm³/mol. The second kappa shape index (κ2) is 5.61. The normalized spacial score (nSPS) is 18.9. The van der Waals surface area contributed by atoms with E-state index in [-0.39, 0.29) is 18.6 Å². The molecule has 1 aliphatic rings. The van der Waals surface area contributed by atoms with Gasteiger partial charge in [0.25, 0.3) is 5.91 Å². The molecule has 106 valence electrons. The number of nitrogens with zero attached hydrogens (tertiary/aromatic N) is 3. The SMILES string of the molecule is Cc1nn(C)c(C)c1OCC(=O)N1CCC[C@H]1CN. The molecule has 1 aromatic rings. The quantitative estimate of drug-likeness (QED) is 0.854. The maximum Gasteiger partial charge on any atom is 0.260 e. The Hall–Kier alpha value is -1.56. The van der Waals surface area contributed by atoms with Crippen LogP contribution in [0.15, 0.2) is 0 Å². The van der Waals surface area contributed by atoms with Crippen LogP contribution in [0.25, 0.3) is 0 Å². The zero-order chi connectivity index (χ0) is 14.0. The molecule has 2 heterocycles. The summed E-state index contributed by atoms with van der Waals surface area (Å²) in [6.07, 6.45) is 2.02. The van der Waals surface area contributed by atoms with Crippen LogP contribution in [-0.2, 0) is 11.8 Å². The lowest BCUT2D eigenvalue weighted by molar-refractivity contribution is -0.134. The first-order valence-corrected chi connectivity index (χ1v) is 6.67. The van der Waals surface area contributed by atoms with Crippen LogP contribution in [0.5, 0.6) is 5.75 Å². The average Bonchev–Trinajstić information content (AvgIpc) is 2.94. The Morgan fingerprint density at radius 2 is 2.26 bits per heavy atom. The van der Waals surface area contributed by atoms with Crippen molar-refractivity contribution in [3.8, 4) is 5.75 Å². The average molecular weight is 266 g/mol. The Morgan fingerprint density at radius 1 is 1.53 bits per heavy atom. The van der Waals surface area contributed by atoms with E-state index in [0.29, 0.717) is 12.3 Å². The van der Waals surface area contributed by atoms with E-state index in [2.05, 4.69) is 5.10 Å². The molecule has 0 unspecified atom stereocenters. The topological polar surface area (TPSA) is 73.4 Å². The number of amides is 1. The van der Waals surface area contributed by atoms with E-state index in [1.54, 1.807) is 4.68 Å². The van der Waals surface area contributed by atoms with Gasteiger partial charge in [0.1, 0.15) is 5.69 Å². The van der Waals surface area contributed by atoms with Crippen molar-refractivity contribution in [1.82, 2.24) is 14.7 Å². The summed E-state index contributed by atoms with van der Waals surface area (Å²) in [5.74, 6) is 0.718. The van der Waals surface area contributed by atoms with Crippen LogP contribution in [0.1, 0.15) is 24.2 Å². The lowest BCUT2D eigenvalue weighted by Gasteiger charge is -2.23. The first-order chi connectivity index (χ1) is 9.04. The van der Waals surface area contributed by atoms with E-state index < -0.39 is 0 Å². The highest BCUT2D eigenvalue weighted by Gasteiger charge is 2.28. The number of aromatic nitrogens is 2. The number of carbonyl (C=O) groups is 1. The highest BCUT2D eigenvalue weighted by molar-refractivity contribution is 5.78. The van der Waals surface area contributed by atoms with E-state index in [4.69, 9.17) is 10.5 Å².